The van der Waals surface area contributed by atoms with Crippen molar-refractivity contribution in [2.45, 2.75) is 53.6 Å². The predicted molar refractivity (Wildman–Crippen MR) is 148 cm³/mol. The Hall–Kier alpha value is -3.94. The fraction of sp³-hybridized carbons (Fsp3) is 0.379. The molecule has 0 aliphatic carbocycles. The van der Waals surface area contributed by atoms with Crippen LogP contribution in [0.3, 0.4) is 0 Å². The first-order valence-corrected chi connectivity index (χ1v) is 12.5. The zero-order valence-electron chi connectivity index (χ0n) is 23.1. The summed E-state index contributed by atoms with van der Waals surface area (Å²) >= 11 is 0. The van der Waals surface area contributed by atoms with Gasteiger partial charge in [-0.15, -0.1) is 0 Å². The fourth-order valence-electron chi connectivity index (χ4n) is 3.83. The number of hydrogen-bond acceptors (Lipinski definition) is 7. The first-order chi connectivity index (χ1) is 17.6. The molecule has 8 nitrogen and oxygen atoms in total. The van der Waals surface area contributed by atoms with Crippen molar-refractivity contribution < 1.29 is 14.3 Å². The van der Waals surface area contributed by atoms with Gasteiger partial charge in [0, 0.05) is 49.5 Å². The summed E-state index contributed by atoms with van der Waals surface area (Å²) in [6, 6.07) is 12.2. The van der Waals surface area contributed by atoms with E-state index in [0.717, 1.165) is 27.7 Å². The maximum atomic E-state index is 11.8. The highest BCUT2D eigenvalue weighted by Crippen LogP contribution is 2.29. The summed E-state index contributed by atoms with van der Waals surface area (Å²) in [5.41, 5.74) is 5.35. The van der Waals surface area contributed by atoms with E-state index < -0.39 is 11.8 Å². The van der Waals surface area contributed by atoms with Crippen LogP contribution >= 0.6 is 0 Å². The predicted octanol–water partition coefficient (Wildman–Crippen LogP) is 6.38. The molecular formula is C29H37N5O3. The van der Waals surface area contributed by atoms with Gasteiger partial charge in [-0.25, -0.2) is 14.5 Å². The number of pyridine rings is 2. The quantitative estimate of drug-likeness (QED) is 0.282. The lowest BCUT2D eigenvalue weighted by Crippen LogP contribution is -2.24. The second-order valence-electron chi connectivity index (χ2n) is 9.65. The topological polar surface area (TPSA) is 82.4 Å². The first-order valence-electron chi connectivity index (χ1n) is 12.5. The second-order valence-corrected chi connectivity index (χ2v) is 9.65. The Kier molecular flexibility index (Phi) is 8.86. The molecule has 196 valence electrons. The number of anilines is 1. The monoisotopic (exact) mass is 503 g/mol. The lowest BCUT2D eigenvalue weighted by atomic mass is 10.0. The van der Waals surface area contributed by atoms with Crippen LogP contribution in [0, 0.1) is 6.92 Å². The van der Waals surface area contributed by atoms with E-state index in [0.29, 0.717) is 12.2 Å². The number of aromatic nitrogens is 4. The van der Waals surface area contributed by atoms with E-state index in [1.54, 1.807) is 37.8 Å². The van der Waals surface area contributed by atoms with Crippen LogP contribution in [0.25, 0.3) is 28.0 Å². The van der Waals surface area contributed by atoms with Gasteiger partial charge in [-0.2, -0.15) is 5.10 Å². The molecule has 0 atom stereocenters. The number of benzene rings is 1. The lowest BCUT2D eigenvalue weighted by Gasteiger charge is -2.18. The molecule has 8 heteroatoms. The molecule has 1 aromatic carbocycles. The van der Waals surface area contributed by atoms with Crippen molar-refractivity contribution in [1.29, 1.82) is 0 Å². The molecule has 0 N–H and O–H groups in total. The van der Waals surface area contributed by atoms with Crippen LogP contribution in [-0.4, -0.2) is 52.2 Å². The number of fused-ring (bicyclic) bond motifs is 1. The number of ether oxygens (including phenoxy) is 2. The van der Waals surface area contributed by atoms with Crippen LogP contribution in [0.1, 0.15) is 45.7 Å². The molecule has 0 fully saturated rings. The van der Waals surface area contributed by atoms with Gasteiger partial charge in [0.15, 0.2) is 5.82 Å². The summed E-state index contributed by atoms with van der Waals surface area (Å²) in [7, 11) is 4.07. The highest BCUT2D eigenvalue weighted by atomic mass is 16.7. The van der Waals surface area contributed by atoms with Gasteiger partial charge in [0.1, 0.15) is 5.60 Å². The number of hydrogen-bond donors (Lipinski definition) is 0. The molecule has 0 amide bonds. The SMILES string of the molecule is CC.Cc1cc(-c2cc3ncccc3c(-n3cc(CCOC(=O)OC(C)(C)C)cn3)n2)ccc1N(C)C. The van der Waals surface area contributed by atoms with Gasteiger partial charge in [0.25, 0.3) is 0 Å². The Morgan fingerprint density at radius 3 is 2.54 bits per heavy atom. The van der Waals surface area contributed by atoms with Gasteiger partial charge in [-0.3, -0.25) is 4.98 Å². The molecule has 37 heavy (non-hydrogen) atoms. The Labute approximate surface area is 219 Å². The van der Waals surface area contributed by atoms with Gasteiger partial charge < -0.3 is 14.4 Å². The number of carbonyl (C=O) groups excluding carboxylic acids is 1. The highest BCUT2D eigenvalue weighted by molar-refractivity contribution is 5.88. The molecular weight excluding hydrogens is 466 g/mol. The third-order valence-corrected chi connectivity index (χ3v) is 5.41. The molecule has 0 aliphatic rings. The van der Waals surface area contributed by atoms with E-state index in [1.165, 1.54) is 11.3 Å². The molecule has 0 unspecified atom stereocenters. The van der Waals surface area contributed by atoms with Crippen molar-refractivity contribution in [1.82, 2.24) is 19.7 Å². The second kappa shape index (κ2) is 11.9. The van der Waals surface area contributed by atoms with E-state index in [2.05, 4.69) is 40.1 Å². The maximum Gasteiger partial charge on any atom is 0.508 e. The minimum absolute atomic E-state index is 0.202. The zero-order valence-corrected chi connectivity index (χ0v) is 23.1. The fourth-order valence-corrected chi connectivity index (χ4v) is 3.83. The number of rotatable bonds is 6. The van der Waals surface area contributed by atoms with Crippen LogP contribution < -0.4 is 4.90 Å². The summed E-state index contributed by atoms with van der Waals surface area (Å²) in [5, 5.41) is 5.43. The zero-order chi connectivity index (χ0) is 27.2. The normalized spacial score (nSPS) is 11.0. The lowest BCUT2D eigenvalue weighted by molar-refractivity contribution is -0.00662. The summed E-state index contributed by atoms with van der Waals surface area (Å²) in [5.74, 6) is 0.694. The summed E-state index contributed by atoms with van der Waals surface area (Å²) in [6.07, 6.45) is 5.27. The van der Waals surface area contributed by atoms with Crippen LogP contribution in [-0.2, 0) is 15.9 Å². The van der Waals surface area contributed by atoms with Crippen LogP contribution in [0.2, 0.25) is 0 Å². The van der Waals surface area contributed by atoms with Crippen molar-refractivity contribution in [3.8, 4) is 17.1 Å². The van der Waals surface area contributed by atoms with E-state index in [1.807, 2.05) is 52.3 Å². The van der Waals surface area contributed by atoms with Crippen molar-refractivity contribution in [2.75, 3.05) is 25.6 Å². The highest BCUT2D eigenvalue weighted by Gasteiger charge is 2.17. The van der Waals surface area contributed by atoms with Gasteiger partial charge in [-0.1, -0.05) is 19.9 Å². The van der Waals surface area contributed by atoms with Crippen LogP contribution in [0.15, 0.2) is 55.0 Å². The molecule has 4 aromatic rings. The summed E-state index contributed by atoms with van der Waals surface area (Å²) in [4.78, 5) is 23.4. The number of aryl methyl sites for hydroxylation is 1. The van der Waals surface area contributed by atoms with E-state index in [9.17, 15) is 4.79 Å². The van der Waals surface area contributed by atoms with E-state index >= 15 is 0 Å². The standard InChI is InChI=1S/C27H31N5O3.C2H6/c1-18-14-20(9-10-24(18)31(5)6)22-15-23-21(8-7-12-28-23)25(30-22)32-17-19(16-29-32)11-13-34-26(33)35-27(2,3)4;1-2/h7-10,12,14-17H,11,13H2,1-6H3;1-2H3. The number of carbonyl (C=O) groups is 1. The van der Waals surface area contributed by atoms with E-state index in [4.69, 9.17) is 14.5 Å². The summed E-state index contributed by atoms with van der Waals surface area (Å²) in [6.45, 7) is 11.7. The molecule has 0 saturated carbocycles. The molecule has 3 heterocycles. The first kappa shape index (κ1) is 27.6. The molecule has 0 aliphatic heterocycles. The molecule has 0 spiro atoms. The minimum atomic E-state index is -0.674. The van der Waals surface area contributed by atoms with Crippen LogP contribution in [0.4, 0.5) is 10.5 Å². The van der Waals surface area contributed by atoms with E-state index in [-0.39, 0.29) is 6.61 Å². The summed E-state index contributed by atoms with van der Waals surface area (Å²) < 4.78 is 12.1. The third kappa shape index (κ3) is 7.06. The number of nitrogens with zero attached hydrogens (tertiary/aromatic N) is 5. The maximum absolute atomic E-state index is 11.8. The van der Waals surface area contributed by atoms with Gasteiger partial charge in [0.2, 0.25) is 0 Å². The van der Waals surface area contributed by atoms with Gasteiger partial charge in [-0.05, 0) is 69.2 Å². The van der Waals surface area contributed by atoms with Crippen molar-refractivity contribution in [2.24, 2.45) is 0 Å². The third-order valence-electron chi connectivity index (χ3n) is 5.41. The smallest absolute Gasteiger partial charge is 0.434 e. The van der Waals surface area contributed by atoms with Gasteiger partial charge >= 0.3 is 6.16 Å². The molecule has 4 rings (SSSR count). The Morgan fingerprint density at radius 1 is 1.11 bits per heavy atom. The average molecular weight is 504 g/mol. The Bertz CT molecular complexity index is 1360. The molecule has 0 radical (unpaired) electrons. The molecule has 0 saturated heterocycles. The molecule has 3 aromatic heterocycles. The minimum Gasteiger partial charge on any atom is -0.434 e. The average Bonchev–Trinajstić information content (AvgIpc) is 3.32. The Balaban J connectivity index is 0.00000186. The van der Waals surface area contributed by atoms with Crippen molar-refractivity contribution in [3.63, 3.8) is 0 Å². The Morgan fingerprint density at radius 2 is 1.86 bits per heavy atom. The molecule has 0 bridgehead atoms. The van der Waals surface area contributed by atoms with Gasteiger partial charge in [0.05, 0.1) is 24.0 Å². The van der Waals surface area contributed by atoms with Crippen molar-refractivity contribution >= 4 is 22.7 Å². The van der Waals surface area contributed by atoms with Crippen LogP contribution in [0.5, 0.6) is 0 Å². The largest absolute Gasteiger partial charge is 0.508 e. The van der Waals surface area contributed by atoms with Crippen molar-refractivity contribution in [3.05, 3.63) is 66.1 Å².